The molecular weight excluding hydrogens is 426 g/mol. The van der Waals surface area contributed by atoms with Crippen molar-refractivity contribution in [2.24, 2.45) is 0 Å². The van der Waals surface area contributed by atoms with Crippen LogP contribution in [0.15, 0.2) is 0 Å². The van der Waals surface area contributed by atoms with Gasteiger partial charge in [-0.25, -0.2) is 16.8 Å². The molecule has 19 heavy (non-hydrogen) atoms. The quantitative estimate of drug-likeness (QED) is 0.385. The summed E-state index contributed by atoms with van der Waals surface area (Å²) in [5.74, 6) is -1.24. The summed E-state index contributed by atoms with van der Waals surface area (Å²) in [7, 11) is -8.80. The molecule has 2 atom stereocenters. The fourth-order valence-corrected chi connectivity index (χ4v) is 1.22. The molecule has 0 aliphatic heterocycles. The Morgan fingerprint density at radius 2 is 0.947 bits per heavy atom. The SMILES string of the molecule is CC(=O)C(C)S(=O)(=O)[O-].CC(=O)C(C)S(=O)(=O)[O-].[Ba+2]. The largest absolute Gasteiger partial charge is 2.00 e. The summed E-state index contributed by atoms with van der Waals surface area (Å²) in [4.78, 5) is 20.4. The van der Waals surface area contributed by atoms with E-state index in [2.05, 4.69) is 0 Å². The first-order valence-electron chi connectivity index (χ1n) is 4.61. The number of carbonyl (C=O) groups excluding carboxylic acids is 2. The number of hydrogen-bond acceptors (Lipinski definition) is 8. The van der Waals surface area contributed by atoms with E-state index in [9.17, 15) is 35.5 Å². The molecule has 0 aliphatic rings. The Labute approximate surface area is 152 Å². The van der Waals surface area contributed by atoms with Crippen molar-refractivity contribution >= 4 is 80.7 Å². The van der Waals surface area contributed by atoms with E-state index in [1.54, 1.807) is 0 Å². The molecule has 8 nitrogen and oxygen atoms in total. The summed E-state index contributed by atoms with van der Waals surface area (Å²) >= 11 is 0. The number of hydrogen-bond donors (Lipinski definition) is 0. The molecule has 11 heteroatoms. The van der Waals surface area contributed by atoms with Crippen molar-refractivity contribution < 1.29 is 35.5 Å². The first kappa shape index (κ1) is 24.7. The van der Waals surface area contributed by atoms with E-state index in [0.717, 1.165) is 27.7 Å². The van der Waals surface area contributed by atoms with Crippen LogP contribution in [0.1, 0.15) is 27.7 Å². The maximum atomic E-state index is 10.2. The Hall–Kier alpha value is 0.731. The molecule has 0 fully saturated rings. The van der Waals surface area contributed by atoms with E-state index in [0.29, 0.717) is 0 Å². The summed E-state index contributed by atoms with van der Waals surface area (Å²) in [6.45, 7) is 4.29. The van der Waals surface area contributed by atoms with Gasteiger partial charge in [0, 0.05) is 0 Å². The van der Waals surface area contributed by atoms with Crippen molar-refractivity contribution in [3.8, 4) is 0 Å². The molecule has 0 aromatic rings. The van der Waals surface area contributed by atoms with Crippen LogP contribution in [0.2, 0.25) is 0 Å². The molecule has 0 spiro atoms. The van der Waals surface area contributed by atoms with E-state index in [1.807, 2.05) is 0 Å². The molecule has 0 saturated heterocycles. The van der Waals surface area contributed by atoms with Gasteiger partial charge in [-0.3, -0.25) is 9.59 Å². The van der Waals surface area contributed by atoms with Crippen LogP contribution in [0.3, 0.4) is 0 Å². The van der Waals surface area contributed by atoms with Crippen LogP contribution in [0.25, 0.3) is 0 Å². The fraction of sp³-hybridized carbons (Fsp3) is 0.750. The van der Waals surface area contributed by atoms with Gasteiger partial charge in [0.1, 0.15) is 42.3 Å². The van der Waals surface area contributed by atoms with Gasteiger partial charge in [0.15, 0.2) is 0 Å². The number of carbonyl (C=O) groups is 2. The molecule has 0 bridgehead atoms. The van der Waals surface area contributed by atoms with Crippen LogP contribution in [0.4, 0.5) is 0 Å². The van der Waals surface area contributed by atoms with Gasteiger partial charge in [-0.1, -0.05) is 0 Å². The molecule has 0 aliphatic carbocycles. The minimum atomic E-state index is -4.40. The third-order valence-corrected chi connectivity index (χ3v) is 4.41. The normalized spacial score (nSPS) is 14.2. The van der Waals surface area contributed by atoms with E-state index < -0.39 is 42.3 Å². The Morgan fingerprint density at radius 3 is 0.947 bits per heavy atom. The zero-order valence-electron chi connectivity index (χ0n) is 10.9. The third-order valence-electron chi connectivity index (χ3n) is 2.01. The third kappa shape index (κ3) is 12.2. The first-order valence-corrected chi connectivity index (χ1v) is 7.55. The van der Waals surface area contributed by atoms with Gasteiger partial charge >= 0.3 is 48.9 Å². The predicted molar refractivity (Wildman–Crippen MR) is 65.4 cm³/mol. The van der Waals surface area contributed by atoms with Crippen LogP contribution < -0.4 is 0 Å². The number of ketones is 2. The van der Waals surface area contributed by atoms with E-state index in [1.165, 1.54) is 0 Å². The Kier molecular flexibility index (Phi) is 12.5. The van der Waals surface area contributed by atoms with Crippen molar-refractivity contribution in [1.82, 2.24) is 0 Å². The molecule has 2 unspecified atom stereocenters. The Bertz CT molecular complexity index is 459. The molecule has 0 heterocycles. The number of rotatable bonds is 4. The van der Waals surface area contributed by atoms with Gasteiger partial charge in [-0.05, 0) is 27.7 Å². The maximum absolute atomic E-state index is 10.2. The zero-order chi connectivity index (χ0) is 15.3. The van der Waals surface area contributed by atoms with Crippen molar-refractivity contribution in [2.75, 3.05) is 0 Å². The minimum absolute atomic E-state index is 0. The average molecular weight is 440 g/mol. The molecule has 108 valence electrons. The van der Waals surface area contributed by atoms with Gasteiger partial charge in [-0.2, -0.15) is 0 Å². The van der Waals surface area contributed by atoms with E-state index in [4.69, 9.17) is 0 Å². The molecular formula is C8H14BaO8S2. The predicted octanol–water partition coefficient (Wildman–Crippen LogP) is -1.36. The summed E-state index contributed by atoms with van der Waals surface area (Å²) in [5, 5.41) is -2.81. The van der Waals surface area contributed by atoms with Gasteiger partial charge in [0.05, 0.1) is 0 Å². The molecule has 0 N–H and O–H groups in total. The van der Waals surface area contributed by atoms with Gasteiger partial charge < -0.3 is 9.11 Å². The van der Waals surface area contributed by atoms with Crippen LogP contribution in [-0.4, -0.2) is 96.9 Å². The molecule has 0 aromatic carbocycles. The van der Waals surface area contributed by atoms with Crippen molar-refractivity contribution in [2.45, 2.75) is 38.2 Å². The summed E-state index contributed by atoms with van der Waals surface area (Å²) in [6.07, 6.45) is 0. The van der Waals surface area contributed by atoms with Gasteiger partial charge in [-0.15, -0.1) is 0 Å². The van der Waals surface area contributed by atoms with E-state index >= 15 is 0 Å². The van der Waals surface area contributed by atoms with Gasteiger partial charge in [0.25, 0.3) is 0 Å². The van der Waals surface area contributed by atoms with E-state index in [-0.39, 0.29) is 48.9 Å². The number of Topliss-reactive ketones (excluding diaryl/α,β-unsaturated/α-hetero) is 2. The zero-order valence-corrected chi connectivity index (χ0v) is 17.0. The topological polar surface area (TPSA) is 149 Å². The summed E-state index contributed by atoms with van der Waals surface area (Å²) in [5.41, 5.74) is 0. The molecule has 0 saturated carbocycles. The molecule has 0 radical (unpaired) electrons. The molecule has 0 rings (SSSR count). The summed E-state index contributed by atoms with van der Waals surface area (Å²) < 4.78 is 60.0. The van der Waals surface area contributed by atoms with Crippen LogP contribution in [0, 0.1) is 0 Å². The second-order valence-electron chi connectivity index (χ2n) is 3.49. The second kappa shape index (κ2) is 9.63. The van der Waals surface area contributed by atoms with Crippen molar-refractivity contribution in [3.63, 3.8) is 0 Å². The van der Waals surface area contributed by atoms with Crippen LogP contribution in [0.5, 0.6) is 0 Å². The second-order valence-corrected chi connectivity index (χ2v) is 6.88. The minimum Gasteiger partial charge on any atom is -0.747 e. The Balaban J connectivity index is -0.000000256. The smallest absolute Gasteiger partial charge is 0.747 e. The monoisotopic (exact) mass is 440 g/mol. The van der Waals surface area contributed by atoms with Crippen LogP contribution in [-0.2, 0) is 29.8 Å². The maximum Gasteiger partial charge on any atom is 2.00 e. The van der Waals surface area contributed by atoms with Crippen LogP contribution >= 0.6 is 0 Å². The summed E-state index contributed by atoms with van der Waals surface area (Å²) in [6, 6.07) is 0. The van der Waals surface area contributed by atoms with Crippen molar-refractivity contribution in [1.29, 1.82) is 0 Å². The Morgan fingerprint density at radius 1 is 0.789 bits per heavy atom. The van der Waals surface area contributed by atoms with Crippen molar-refractivity contribution in [3.05, 3.63) is 0 Å². The fourth-order valence-electron chi connectivity index (χ4n) is 0.407. The molecule has 0 aromatic heterocycles. The average Bonchev–Trinajstić information content (AvgIpc) is 2.13. The van der Waals surface area contributed by atoms with Gasteiger partial charge in [0.2, 0.25) is 0 Å². The molecule has 0 amide bonds. The standard InChI is InChI=1S/2C4H8O4S.Ba/c2*1-3(5)4(2)9(6,7)8;/h2*4H,1-2H3,(H,6,7,8);/q;;+2/p-2. The first-order chi connectivity index (χ1) is 7.71.